The molecular formula is C77H140O6. The van der Waals surface area contributed by atoms with Crippen LogP contribution in [0.4, 0.5) is 0 Å². The monoisotopic (exact) mass is 1160 g/mol. The molecule has 0 amide bonds. The standard InChI is InChI=1S/C77H140O6/c1-4-7-10-13-16-19-22-25-28-31-34-36-38-39-40-42-43-46-49-52-55-58-61-64-67-70-76(79)82-73-74(72-81-75(78)69-66-63-60-57-54-51-48-45-33-30-27-24-21-18-15-12-9-6-3)83-77(80)71-68-65-62-59-56-53-50-47-44-41-37-35-32-29-26-23-20-17-14-11-8-5-2/h7,10,16,19,25,28,34,36,39-40,74H,4-6,8-9,11-15,17-18,20-24,26-27,29-33,35,37-38,41-73H2,1-3H3/b10-7-,19-16-,28-25-,36-34-,40-39-. The normalized spacial score (nSPS) is 12.4. The lowest BCUT2D eigenvalue weighted by atomic mass is 10.0. The second kappa shape index (κ2) is 71.6. The molecule has 0 bridgehead atoms. The molecule has 0 fully saturated rings. The number of ether oxygens (including phenoxy) is 3. The predicted molar refractivity (Wildman–Crippen MR) is 362 cm³/mol. The van der Waals surface area contributed by atoms with Crippen molar-refractivity contribution >= 4 is 17.9 Å². The Balaban J connectivity index is 4.32. The third kappa shape index (κ3) is 69.8. The van der Waals surface area contributed by atoms with Gasteiger partial charge in [0.2, 0.25) is 0 Å². The van der Waals surface area contributed by atoms with Crippen molar-refractivity contribution in [2.75, 3.05) is 13.2 Å². The highest BCUT2D eigenvalue weighted by Gasteiger charge is 2.19. The molecule has 0 aromatic carbocycles. The van der Waals surface area contributed by atoms with Gasteiger partial charge in [0.25, 0.3) is 0 Å². The van der Waals surface area contributed by atoms with Crippen LogP contribution in [0, 0.1) is 0 Å². The second-order valence-electron chi connectivity index (χ2n) is 24.8. The molecule has 0 aliphatic rings. The summed E-state index contributed by atoms with van der Waals surface area (Å²) in [5, 5.41) is 0. The summed E-state index contributed by atoms with van der Waals surface area (Å²) in [4.78, 5) is 38.5. The molecule has 0 rings (SSSR count). The molecule has 0 aliphatic carbocycles. The zero-order chi connectivity index (χ0) is 59.9. The van der Waals surface area contributed by atoms with Crippen molar-refractivity contribution < 1.29 is 28.6 Å². The minimum absolute atomic E-state index is 0.0698. The zero-order valence-corrected chi connectivity index (χ0v) is 55.7. The van der Waals surface area contributed by atoms with Crippen molar-refractivity contribution in [1.29, 1.82) is 0 Å². The molecule has 0 saturated carbocycles. The molecule has 0 radical (unpaired) electrons. The number of allylic oxidation sites excluding steroid dienone is 10. The highest BCUT2D eigenvalue weighted by atomic mass is 16.6. The number of unbranched alkanes of at least 4 members (excludes halogenated alkanes) is 47. The van der Waals surface area contributed by atoms with Crippen LogP contribution >= 0.6 is 0 Å². The third-order valence-corrected chi connectivity index (χ3v) is 16.5. The topological polar surface area (TPSA) is 78.9 Å². The Morgan fingerprint density at radius 2 is 0.470 bits per heavy atom. The minimum Gasteiger partial charge on any atom is -0.462 e. The molecule has 0 saturated heterocycles. The van der Waals surface area contributed by atoms with E-state index in [1.165, 1.54) is 257 Å². The van der Waals surface area contributed by atoms with Gasteiger partial charge in [0.15, 0.2) is 6.10 Å². The van der Waals surface area contributed by atoms with Gasteiger partial charge in [-0.05, 0) is 64.2 Å². The van der Waals surface area contributed by atoms with Gasteiger partial charge in [-0.1, -0.05) is 370 Å². The Hall–Kier alpha value is -2.89. The second-order valence-corrected chi connectivity index (χ2v) is 24.8. The summed E-state index contributed by atoms with van der Waals surface area (Å²) in [5.74, 6) is -0.845. The van der Waals surface area contributed by atoms with E-state index in [0.29, 0.717) is 19.3 Å². The molecule has 83 heavy (non-hydrogen) atoms. The number of carbonyl (C=O) groups excluding carboxylic acids is 3. The fraction of sp³-hybridized carbons (Fsp3) is 0.831. The maximum Gasteiger partial charge on any atom is 0.306 e. The summed E-state index contributed by atoms with van der Waals surface area (Å²) < 4.78 is 17.0. The van der Waals surface area contributed by atoms with Gasteiger partial charge in [-0.25, -0.2) is 0 Å². The summed E-state index contributed by atoms with van der Waals surface area (Å²) >= 11 is 0. The molecule has 484 valence electrons. The van der Waals surface area contributed by atoms with Gasteiger partial charge >= 0.3 is 17.9 Å². The zero-order valence-electron chi connectivity index (χ0n) is 55.7. The number of hydrogen-bond acceptors (Lipinski definition) is 6. The van der Waals surface area contributed by atoms with Crippen LogP contribution in [-0.4, -0.2) is 37.2 Å². The highest BCUT2D eigenvalue weighted by Crippen LogP contribution is 2.19. The van der Waals surface area contributed by atoms with Crippen molar-refractivity contribution in [3.63, 3.8) is 0 Å². The molecular weight excluding hydrogens is 1020 g/mol. The average molecular weight is 1160 g/mol. The Morgan fingerprint density at radius 1 is 0.253 bits per heavy atom. The summed E-state index contributed by atoms with van der Waals surface area (Å²) in [6, 6.07) is 0. The van der Waals surface area contributed by atoms with Crippen LogP contribution in [0.15, 0.2) is 60.8 Å². The molecule has 6 nitrogen and oxygen atoms in total. The van der Waals surface area contributed by atoms with Gasteiger partial charge in [0.05, 0.1) is 0 Å². The third-order valence-electron chi connectivity index (χ3n) is 16.5. The lowest BCUT2D eigenvalue weighted by Gasteiger charge is -2.18. The Morgan fingerprint density at radius 3 is 0.735 bits per heavy atom. The van der Waals surface area contributed by atoms with Gasteiger partial charge in [-0.3, -0.25) is 14.4 Å². The summed E-state index contributed by atoms with van der Waals surface area (Å²) in [7, 11) is 0. The van der Waals surface area contributed by atoms with E-state index < -0.39 is 6.10 Å². The van der Waals surface area contributed by atoms with Crippen LogP contribution < -0.4 is 0 Å². The number of esters is 3. The predicted octanol–water partition coefficient (Wildman–Crippen LogP) is 25.5. The van der Waals surface area contributed by atoms with Crippen molar-refractivity contribution in [1.82, 2.24) is 0 Å². The van der Waals surface area contributed by atoms with E-state index >= 15 is 0 Å². The first kappa shape index (κ1) is 80.1. The fourth-order valence-electron chi connectivity index (χ4n) is 11.1. The van der Waals surface area contributed by atoms with E-state index in [2.05, 4.69) is 81.5 Å². The van der Waals surface area contributed by atoms with Crippen LogP contribution in [0.25, 0.3) is 0 Å². The maximum absolute atomic E-state index is 13.0. The Bertz CT molecular complexity index is 1470. The first-order valence-electron chi connectivity index (χ1n) is 36.8. The molecule has 0 aliphatic heterocycles. The molecule has 1 unspecified atom stereocenters. The highest BCUT2D eigenvalue weighted by molar-refractivity contribution is 5.71. The lowest BCUT2D eigenvalue weighted by molar-refractivity contribution is -0.167. The van der Waals surface area contributed by atoms with Gasteiger partial charge < -0.3 is 14.2 Å². The summed E-state index contributed by atoms with van der Waals surface area (Å²) in [6.45, 7) is 6.60. The van der Waals surface area contributed by atoms with Gasteiger partial charge in [-0.15, -0.1) is 0 Å². The molecule has 0 aromatic rings. The molecule has 0 N–H and O–H groups in total. The van der Waals surface area contributed by atoms with Crippen molar-refractivity contribution in [3.05, 3.63) is 60.8 Å². The fourth-order valence-corrected chi connectivity index (χ4v) is 11.1. The first-order valence-corrected chi connectivity index (χ1v) is 36.8. The van der Waals surface area contributed by atoms with E-state index in [9.17, 15) is 14.4 Å². The maximum atomic E-state index is 13.0. The molecule has 0 spiro atoms. The van der Waals surface area contributed by atoms with Crippen molar-refractivity contribution in [3.8, 4) is 0 Å². The lowest BCUT2D eigenvalue weighted by Crippen LogP contribution is -2.30. The van der Waals surface area contributed by atoms with Gasteiger partial charge in [-0.2, -0.15) is 0 Å². The van der Waals surface area contributed by atoms with E-state index in [1.54, 1.807) is 0 Å². The van der Waals surface area contributed by atoms with Crippen molar-refractivity contribution in [2.24, 2.45) is 0 Å². The van der Waals surface area contributed by atoms with Crippen LogP contribution in [0.2, 0.25) is 0 Å². The van der Waals surface area contributed by atoms with Gasteiger partial charge in [0.1, 0.15) is 13.2 Å². The molecule has 6 heteroatoms. The van der Waals surface area contributed by atoms with Crippen LogP contribution in [0.1, 0.15) is 393 Å². The smallest absolute Gasteiger partial charge is 0.306 e. The quantitative estimate of drug-likeness (QED) is 0.0261. The molecule has 1 atom stereocenters. The number of rotatable bonds is 68. The van der Waals surface area contributed by atoms with E-state index in [4.69, 9.17) is 14.2 Å². The SMILES string of the molecule is CC/C=C\C/C=C\C/C=C\C/C=C\C/C=C\CCCCCCCCCCCC(=O)OCC(COC(=O)CCCCCCCCCCCCCCCCCCCC)OC(=O)CCCCCCCCCCCCCCCCCCCCCCCC. The van der Waals surface area contributed by atoms with Crippen LogP contribution in [0.5, 0.6) is 0 Å². The summed E-state index contributed by atoms with van der Waals surface area (Å²) in [5.41, 5.74) is 0. The van der Waals surface area contributed by atoms with E-state index in [0.717, 1.165) is 96.3 Å². The number of hydrogen-bond donors (Lipinski definition) is 0. The first-order chi connectivity index (χ1) is 41.0. The largest absolute Gasteiger partial charge is 0.462 e. The average Bonchev–Trinajstić information content (AvgIpc) is 3.50. The van der Waals surface area contributed by atoms with E-state index in [-0.39, 0.29) is 31.1 Å². The molecule has 0 heterocycles. The number of carbonyl (C=O) groups is 3. The van der Waals surface area contributed by atoms with Gasteiger partial charge in [0, 0.05) is 19.3 Å². The van der Waals surface area contributed by atoms with E-state index in [1.807, 2.05) is 0 Å². The minimum atomic E-state index is -0.775. The van der Waals surface area contributed by atoms with Crippen LogP contribution in [-0.2, 0) is 28.6 Å². The van der Waals surface area contributed by atoms with Crippen LogP contribution in [0.3, 0.4) is 0 Å². The molecule has 0 aromatic heterocycles. The Kier molecular flexibility index (Phi) is 69.1. The van der Waals surface area contributed by atoms with Crippen molar-refractivity contribution in [2.45, 2.75) is 399 Å². The Labute approximate surface area is 517 Å². The summed E-state index contributed by atoms with van der Waals surface area (Å²) in [6.07, 6.45) is 92.5.